The van der Waals surface area contributed by atoms with Crippen molar-refractivity contribution in [3.05, 3.63) is 41.6 Å². The first kappa shape index (κ1) is 19.7. The minimum Gasteiger partial charge on any atom is -0.451 e. The van der Waals surface area contributed by atoms with Crippen LogP contribution in [0.3, 0.4) is 0 Å². The number of carbonyl (C=O) groups is 3. The summed E-state index contributed by atoms with van der Waals surface area (Å²) in [7, 11) is 0. The lowest BCUT2D eigenvalue weighted by atomic mass is 9.92. The van der Waals surface area contributed by atoms with Crippen LogP contribution in [0.15, 0.2) is 36.0 Å². The molecule has 0 aromatic heterocycles. The molecule has 1 N–H and O–H groups in total. The van der Waals surface area contributed by atoms with Crippen molar-refractivity contribution in [2.75, 3.05) is 19.7 Å². The second-order valence-corrected chi connectivity index (χ2v) is 6.97. The van der Waals surface area contributed by atoms with Gasteiger partial charge in [-0.25, -0.2) is 4.79 Å². The van der Waals surface area contributed by atoms with E-state index in [1.165, 1.54) is 13.0 Å². The van der Waals surface area contributed by atoms with Crippen molar-refractivity contribution in [1.29, 1.82) is 0 Å². The maximum atomic E-state index is 12.3. The third-order valence-corrected chi connectivity index (χ3v) is 4.19. The summed E-state index contributed by atoms with van der Waals surface area (Å²) in [6, 6.07) is 9.11. The summed E-state index contributed by atoms with van der Waals surface area (Å²) < 4.78 is 5.15. The number of ether oxygens (including phenoxy) is 1. The summed E-state index contributed by atoms with van der Waals surface area (Å²) in [4.78, 5) is 37.8. The van der Waals surface area contributed by atoms with Crippen LogP contribution >= 0.6 is 0 Å². The van der Waals surface area contributed by atoms with Crippen LogP contribution < -0.4 is 5.32 Å². The Morgan fingerprint density at radius 1 is 1.15 bits per heavy atom. The molecule has 0 unspecified atom stereocenters. The number of hydrogen-bond donors (Lipinski definition) is 1. The average molecular weight is 358 g/mol. The van der Waals surface area contributed by atoms with Gasteiger partial charge in [-0.05, 0) is 29.9 Å². The van der Waals surface area contributed by atoms with Crippen molar-refractivity contribution in [3.63, 3.8) is 0 Å². The molecule has 1 aliphatic rings. The smallest absolute Gasteiger partial charge is 0.355 e. The lowest BCUT2D eigenvalue weighted by Crippen LogP contribution is -2.44. The van der Waals surface area contributed by atoms with E-state index in [4.69, 9.17) is 4.74 Å². The molecule has 0 spiro atoms. The molecule has 6 heteroatoms. The summed E-state index contributed by atoms with van der Waals surface area (Å²) in [5.74, 6) is -0.444. The molecule has 140 valence electrons. The van der Waals surface area contributed by atoms with Crippen LogP contribution in [0.1, 0.15) is 32.8 Å². The monoisotopic (exact) mass is 358 g/mol. The third-order valence-electron chi connectivity index (χ3n) is 4.19. The number of piperidine rings is 1. The molecule has 0 bridgehead atoms. The Hall–Kier alpha value is -2.63. The minimum atomic E-state index is -0.726. The topological polar surface area (TPSA) is 75.7 Å². The van der Waals surface area contributed by atoms with Gasteiger partial charge >= 0.3 is 5.97 Å². The van der Waals surface area contributed by atoms with Crippen molar-refractivity contribution in [2.45, 2.75) is 27.2 Å². The van der Waals surface area contributed by atoms with E-state index >= 15 is 0 Å². The summed E-state index contributed by atoms with van der Waals surface area (Å²) in [5, 5.41) is 2.47. The highest BCUT2D eigenvalue weighted by Crippen LogP contribution is 2.21. The molecule has 0 radical (unpaired) electrons. The van der Waals surface area contributed by atoms with Gasteiger partial charge in [0, 0.05) is 20.0 Å². The van der Waals surface area contributed by atoms with Crippen LogP contribution in [0, 0.1) is 11.8 Å². The molecule has 1 aromatic carbocycles. The Bertz CT molecular complexity index is 674. The maximum absolute atomic E-state index is 12.3. The molecule has 1 saturated heterocycles. The Morgan fingerprint density at radius 2 is 1.77 bits per heavy atom. The lowest BCUT2D eigenvalue weighted by molar-refractivity contribution is -0.150. The Morgan fingerprint density at radius 3 is 2.35 bits per heavy atom. The van der Waals surface area contributed by atoms with E-state index in [0.717, 1.165) is 12.0 Å². The average Bonchev–Trinajstić information content (AvgIpc) is 2.58. The highest BCUT2D eigenvalue weighted by molar-refractivity contribution is 5.98. The van der Waals surface area contributed by atoms with E-state index in [9.17, 15) is 14.4 Å². The minimum absolute atomic E-state index is 0.0110. The number of hydrogen-bond acceptors (Lipinski definition) is 4. The largest absolute Gasteiger partial charge is 0.451 e. The van der Waals surface area contributed by atoms with Gasteiger partial charge in [-0.1, -0.05) is 44.2 Å². The fraction of sp³-hybridized carbons (Fsp3) is 0.450. The molecule has 1 aromatic rings. The van der Waals surface area contributed by atoms with Crippen LogP contribution in [-0.2, 0) is 19.1 Å². The number of rotatable bonds is 5. The van der Waals surface area contributed by atoms with Gasteiger partial charge in [0.15, 0.2) is 6.61 Å². The highest BCUT2D eigenvalue weighted by atomic mass is 16.5. The summed E-state index contributed by atoms with van der Waals surface area (Å²) in [6.07, 6.45) is 2.62. The zero-order valence-electron chi connectivity index (χ0n) is 15.5. The lowest BCUT2D eigenvalue weighted by Gasteiger charge is -2.34. The number of likely N-dealkylation sites (tertiary alicyclic amines) is 1. The first-order valence-electron chi connectivity index (χ1n) is 8.84. The molecule has 26 heavy (non-hydrogen) atoms. The molecular weight excluding hydrogens is 332 g/mol. The van der Waals surface area contributed by atoms with Crippen molar-refractivity contribution in [2.24, 2.45) is 11.8 Å². The SMILES string of the molecule is CC(=O)N/C(=C\c1ccccc1)C(=O)OCC(=O)N1C[C@H](C)C[C@@H](C)C1. The van der Waals surface area contributed by atoms with Crippen LogP contribution in [-0.4, -0.2) is 42.4 Å². The van der Waals surface area contributed by atoms with E-state index in [0.29, 0.717) is 24.9 Å². The zero-order chi connectivity index (χ0) is 19.1. The Labute approximate surface area is 154 Å². The molecular formula is C20H26N2O4. The molecule has 1 aliphatic heterocycles. The molecule has 2 amide bonds. The zero-order valence-corrected chi connectivity index (χ0v) is 15.5. The quantitative estimate of drug-likeness (QED) is 0.647. The van der Waals surface area contributed by atoms with Crippen molar-refractivity contribution >= 4 is 23.9 Å². The van der Waals surface area contributed by atoms with E-state index in [-0.39, 0.29) is 24.1 Å². The third kappa shape index (κ3) is 6.02. The van der Waals surface area contributed by atoms with Gasteiger partial charge in [0.25, 0.3) is 5.91 Å². The predicted octanol–water partition coefficient (Wildman–Crippen LogP) is 2.21. The van der Waals surface area contributed by atoms with Gasteiger partial charge in [-0.3, -0.25) is 9.59 Å². The first-order valence-corrected chi connectivity index (χ1v) is 8.84. The van der Waals surface area contributed by atoms with Gasteiger partial charge in [0.2, 0.25) is 5.91 Å². The molecule has 6 nitrogen and oxygen atoms in total. The normalized spacial score (nSPS) is 20.4. The Balaban J connectivity index is 1.99. The van der Waals surface area contributed by atoms with Gasteiger partial charge in [0.1, 0.15) is 5.70 Å². The second-order valence-electron chi connectivity index (χ2n) is 6.97. The number of nitrogens with one attached hydrogen (secondary N) is 1. The molecule has 1 fully saturated rings. The molecule has 0 aliphatic carbocycles. The van der Waals surface area contributed by atoms with Crippen molar-refractivity contribution in [1.82, 2.24) is 10.2 Å². The maximum Gasteiger partial charge on any atom is 0.355 e. The van der Waals surface area contributed by atoms with Crippen LogP contribution in [0.4, 0.5) is 0 Å². The number of amides is 2. The van der Waals surface area contributed by atoms with Gasteiger partial charge < -0.3 is 15.0 Å². The number of benzene rings is 1. The van der Waals surface area contributed by atoms with E-state index in [1.807, 2.05) is 18.2 Å². The van der Waals surface area contributed by atoms with Crippen molar-refractivity contribution in [3.8, 4) is 0 Å². The standard InChI is InChI=1S/C20H26N2O4/c1-14-9-15(2)12-22(11-14)19(24)13-26-20(25)18(21-16(3)23)10-17-7-5-4-6-8-17/h4-8,10,14-15H,9,11-13H2,1-3H3,(H,21,23)/b18-10-/t14-,15-/m1/s1. The van der Waals surface area contributed by atoms with E-state index < -0.39 is 5.97 Å². The van der Waals surface area contributed by atoms with Crippen LogP contribution in [0.25, 0.3) is 6.08 Å². The Kier molecular flexibility index (Phi) is 6.95. The van der Waals surface area contributed by atoms with Crippen molar-refractivity contribution < 1.29 is 19.1 Å². The second kappa shape index (κ2) is 9.17. The predicted molar refractivity (Wildman–Crippen MR) is 98.7 cm³/mol. The summed E-state index contributed by atoms with van der Waals surface area (Å²) in [5.41, 5.74) is 0.759. The first-order chi connectivity index (χ1) is 12.3. The van der Waals surface area contributed by atoms with Crippen LogP contribution in [0.5, 0.6) is 0 Å². The van der Waals surface area contributed by atoms with Gasteiger partial charge in [-0.15, -0.1) is 0 Å². The summed E-state index contributed by atoms with van der Waals surface area (Å²) in [6.45, 7) is 6.56. The summed E-state index contributed by atoms with van der Waals surface area (Å²) >= 11 is 0. The molecule has 2 atom stereocenters. The molecule has 0 saturated carbocycles. The van der Waals surface area contributed by atoms with Gasteiger partial charge in [0.05, 0.1) is 0 Å². The van der Waals surface area contributed by atoms with Crippen LogP contribution in [0.2, 0.25) is 0 Å². The van der Waals surface area contributed by atoms with E-state index in [1.54, 1.807) is 17.0 Å². The fourth-order valence-electron chi connectivity index (χ4n) is 3.21. The highest BCUT2D eigenvalue weighted by Gasteiger charge is 2.26. The number of nitrogens with zero attached hydrogens (tertiary/aromatic N) is 1. The fourth-order valence-corrected chi connectivity index (χ4v) is 3.21. The van der Waals surface area contributed by atoms with Gasteiger partial charge in [-0.2, -0.15) is 0 Å². The van der Waals surface area contributed by atoms with E-state index in [2.05, 4.69) is 19.2 Å². The molecule has 1 heterocycles. The number of esters is 1. The number of carbonyl (C=O) groups excluding carboxylic acids is 3. The molecule has 2 rings (SSSR count).